The summed E-state index contributed by atoms with van der Waals surface area (Å²) in [6, 6.07) is 0. The van der Waals surface area contributed by atoms with Crippen LogP contribution in [0.3, 0.4) is 0 Å². The van der Waals surface area contributed by atoms with Crippen LogP contribution in [0.1, 0.15) is 12.8 Å². The van der Waals surface area contributed by atoms with Crippen molar-refractivity contribution in [2.24, 2.45) is 0 Å². The van der Waals surface area contributed by atoms with Gasteiger partial charge in [0.25, 0.3) is 0 Å². The van der Waals surface area contributed by atoms with Crippen LogP contribution in [0.2, 0.25) is 0 Å². The van der Waals surface area contributed by atoms with E-state index in [2.05, 4.69) is 0 Å². The second-order valence-corrected chi connectivity index (χ2v) is 1.32. The van der Waals surface area contributed by atoms with Crippen molar-refractivity contribution in [2.45, 2.75) is 12.8 Å². The van der Waals surface area contributed by atoms with E-state index in [1.807, 2.05) is 0 Å². The van der Waals surface area contributed by atoms with Gasteiger partial charge in [0.2, 0.25) is 0 Å². The molecule has 2 N–H and O–H groups in total. The summed E-state index contributed by atoms with van der Waals surface area (Å²) in [6.45, 7) is 2.00. The largest absolute Gasteiger partial charge is 0.412 e. The zero-order valence-electron chi connectivity index (χ0n) is 4.74. The van der Waals surface area contributed by atoms with Crippen molar-refractivity contribution in [1.29, 1.82) is 0 Å². The van der Waals surface area contributed by atoms with E-state index in [1.54, 1.807) is 0 Å². The van der Waals surface area contributed by atoms with E-state index in [1.165, 1.54) is 12.8 Å². The van der Waals surface area contributed by atoms with E-state index in [9.17, 15) is 0 Å². The van der Waals surface area contributed by atoms with Gasteiger partial charge in [0, 0.05) is 42.8 Å². The minimum atomic E-state index is 0. The number of hydrogen-bond donors (Lipinski definition) is 0. The summed E-state index contributed by atoms with van der Waals surface area (Å²) in [5.41, 5.74) is 0. The van der Waals surface area contributed by atoms with E-state index < -0.39 is 0 Å². The molecule has 0 bridgehead atoms. The van der Waals surface area contributed by atoms with Gasteiger partial charge in [-0.25, -0.2) is 0 Å². The van der Waals surface area contributed by atoms with Crippen molar-refractivity contribution in [3.05, 3.63) is 0 Å². The monoisotopic (exact) mass is 113 g/mol. The Balaban J connectivity index is 0. The minimum Gasteiger partial charge on any atom is -0.412 e. The molecule has 0 saturated carbocycles. The van der Waals surface area contributed by atoms with Crippen molar-refractivity contribution < 1.29 is 10.2 Å². The first-order valence-electron chi connectivity index (χ1n) is 2.08. The maximum Gasteiger partial charge on any atom is 0.0466 e. The molecule has 0 aromatic heterocycles. The van der Waals surface area contributed by atoms with Crippen LogP contribution in [0.15, 0.2) is 0 Å². The zero-order chi connectivity index (χ0) is 3.54. The van der Waals surface area contributed by atoms with E-state index in [4.69, 9.17) is 4.74 Å². The maximum absolute atomic E-state index is 4.94. The molecule has 3 heteroatoms. The summed E-state index contributed by atoms with van der Waals surface area (Å²) in [5.74, 6) is 0. The van der Waals surface area contributed by atoms with Crippen LogP contribution >= 0.6 is 0 Å². The Bertz CT molecular complexity index is 21.3. The third kappa shape index (κ3) is 4.78. The Hall–Kier alpha value is 0.920. The average molecular weight is 113 g/mol. The molecule has 1 rings (SSSR count). The van der Waals surface area contributed by atoms with Gasteiger partial charge in [-0.2, -0.15) is 0 Å². The summed E-state index contributed by atoms with van der Waals surface area (Å²) in [7, 11) is 0. The van der Waals surface area contributed by atoms with Crippen LogP contribution in [0.5, 0.6) is 0 Å². The molecule has 0 amide bonds. The van der Waals surface area contributed by atoms with Crippen molar-refractivity contribution in [3.8, 4) is 0 Å². The predicted molar refractivity (Wildman–Crippen MR) is 29.4 cm³/mol. The molecule has 1 saturated heterocycles. The first-order chi connectivity index (χ1) is 2.50. The Morgan fingerprint density at radius 2 is 1.43 bits per heavy atom. The molecule has 0 aliphatic carbocycles. The van der Waals surface area contributed by atoms with Gasteiger partial charge < -0.3 is 10.2 Å². The number of ether oxygens (including phenoxy) is 1. The van der Waals surface area contributed by atoms with Gasteiger partial charge in [0.1, 0.15) is 0 Å². The quantitative estimate of drug-likeness (QED) is 0.394. The van der Waals surface area contributed by atoms with Crippen LogP contribution in [0, 0.1) is 0 Å². The van der Waals surface area contributed by atoms with Gasteiger partial charge in [-0.3, -0.25) is 0 Å². The van der Waals surface area contributed by atoms with Crippen LogP contribution in [-0.4, -0.2) is 48.2 Å². The maximum atomic E-state index is 4.94. The van der Waals surface area contributed by atoms with Crippen LogP contribution < -0.4 is 0 Å². The number of rotatable bonds is 0. The Labute approximate surface area is 65.8 Å². The van der Waals surface area contributed by atoms with Crippen molar-refractivity contribution in [1.82, 2.24) is 0 Å². The Kier molecular flexibility index (Phi) is 10.7. The first kappa shape index (κ1) is 10.8. The molecule has 1 fully saturated rings. The van der Waals surface area contributed by atoms with E-state index in [-0.39, 0.29) is 35.0 Å². The molecule has 0 atom stereocenters. The first-order valence-corrected chi connectivity index (χ1v) is 2.08. The minimum absolute atomic E-state index is 0. The normalized spacial score (nSPS) is 17.1. The Morgan fingerprint density at radius 1 is 1.00 bits per heavy atom. The van der Waals surface area contributed by atoms with Crippen LogP contribution in [-0.2, 0) is 4.74 Å². The van der Waals surface area contributed by atoms with Crippen molar-refractivity contribution in [3.63, 3.8) is 0 Å². The summed E-state index contributed by atoms with van der Waals surface area (Å²) in [4.78, 5) is 0. The van der Waals surface area contributed by atoms with Crippen molar-refractivity contribution >= 4 is 29.6 Å². The SMILES string of the molecule is C1CCOC1.O.[Na]. The fourth-order valence-corrected chi connectivity index (χ4v) is 0.510. The zero-order valence-corrected chi connectivity index (χ0v) is 6.74. The topological polar surface area (TPSA) is 40.7 Å². The summed E-state index contributed by atoms with van der Waals surface area (Å²) in [6.07, 6.45) is 2.56. The molecule has 39 valence electrons. The van der Waals surface area contributed by atoms with Crippen LogP contribution in [0.4, 0.5) is 0 Å². The van der Waals surface area contributed by atoms with Gasteiger partial charge in [-0.15, -0.1) is 0 Å². The molecule has 0 unspecified atom stereocenters. The fourth-order valence-electron chi connectivity index (χ4n) is 0.510. The molecule has 0 aromatic rings. The molecule has 1 radical (unpaired) electrons. The summed E-state index contributed by atoms with van der Waals surface area (Å²) >= 11 is 0. The van der Waals surface area contributed by atoms with E-state index in [0.717, 1.165) is 13.2 Å². The molecule has 1 aliphatic heterocycles. The summed E-state index contributed by atoms with van der Waals surface area (Å²) < 4.78 is 4.94. The molecular weight excluding hydrogens is 103 g/mol. The van der Waals surface area contributed by atoms with Gasteiger partial charge in [-0.1, -0.05) is 0 Å². The van der Waals surface area contributed by atoms with Gasteiger partial charge in [0.05, 0.1) is 0 Å². The molecule has 7 heavy (non-hydrogen) atoms. The average Bonchev–Trinajstić information content (AvgIpc) is 1.76. The van der Waals surface area contributed by atoms with E-state index in [0.29, 0.717) is 0 Å². The molecule has 1 heterocycles. The molecule has 2 nitrogen and oxygen atoms in total. The molecule has 0 aromatic carbocycles. The number of hydrogen-bond acceptors (Lipinski definition) is 1. The van der Waals surface area contributed by atoms with Gasteiger partial charge in [0.15, 0.2) is 0 Å². The standard InChI is InChI=1S/C4H8O.Na.H2O/c1-2-4-5-3-1;;/h1-4H2;;1H2. The third-order valence-corrected chi connectivity index (χ3v) is 0.827. The third-order valence-electron chi connectivity index (χ3n) is 0.827. The molecule has 1 aliphatic rings. The predicted octanol–water partition coefficient (Wildman–Crippen LogP) is -0.409. The smallest absolute Gasteiger partial charge is 0.0466 e. The van der Waals surface area contributed by atoms with Gasteiger partial charge >= 0.3 is 0 Å². The molecular formula is C4H10NaO2. The summed E-state index contributed by atoms with van der Waals surface area (Å²) in [5, 5.41) is 0. The Morgan fingerprint density at radius 3 is 1.57 bits per heavy atom. The second-order valence-electron chi connectivity index (χ2n) is 1.32. The van der Waals surface area contributed by atoms with Crippen molar-refractivity contribution in [2.75, 3.05) is 13.2 Å². The van der Waals surface area contributed by atoms with Gasteiger partial charge in [-0.05, 0) is 12.8 Å². The fraction of sp³-hybridized carbons (Fsp3) is 1.00. The second kappa shape index (κ2) is 6.92. The van der Waals surface area contributed by atoms with E-state index >= 15 is 0 Å². The molecule has 0 spiro atoms. The van der Waals surface area contributed by atoms with Crippen LogP contribution in [0.25, 0.3) is 0 Å².